The van der Waals surface area contributed by atoms with E-state index >= 15 is 0 Å². The van der Waals surface area contributed by atoms with Gasteiger partial charge in [-0.25, -0.2) is 4.98 Å². The summed E-state index contributed by atoms with van der Waals surface area (Å²) in [6.45, 7) is 1.78. The first-order valence-electron chi connectivity index (χ1n) is 7.58. The molecule has 0 saturated carbocycles. The van der Waals surface area contributed by atoms with E-state index in [0.717, 1.165) is 0 Å². The molecule has 0 aliphatic carbocycles. The van der Waals surface area contributed by atoms with Crippen LogP contribution in [0.25, 0.3) is 22.4 Å². The van der Waals surface area contributed by atoms with Crippen LogP contribution in [0.5, 0.6) is 11.5 Å². The molecular weight excluding hydrogens is 322 g/mol. The van der Waals surface area contributed by atoms with Crippen LogP contribution in [0.15, 0.2) is 41.6 Å². The molecule has 126 valence electrons. The minimum absolute atomic E-state index is 0.216. The Labute approximate surface area is 142 Å². The summed E-state index contributed by atoms with van der Waals surface area (Å²) in [5, 5.41) is 4.62. The number of aromatic nitrogens is 5. The predicted octanol–water partition coefficient (Wildman–Crippen LogP) is 1.75. The highest BCUT2D eigenvalue weighted by Gasteiger charge is 2.15. The standard InChI is InChI=1S/C17H15N5O3/c1-10-15-12(22-17(20-10)18-9-19-22)6-7-21(16(15)23)13-8-11(24-2)4-5-14(13)25-3/h4-9H,1-3H3. The average Bonchev–Trinajstić information content (AvgIpc) is 3.09. The van der Waals surface area contributed by atoms with Crippen molar-refractivity contribution in [2.24, 2.45) is 0 Å². The summed E-state index contributed by atoms with van der Waals surface area (Å²) >= 11 is 0. The SMILES string of the molecule is COc1ccc(OC)c(-n2ccc3c(c(C)nc4ncnn43)c2=O)c1. The van der Waals surface area contributed by atoms with Crippen LogP contribution in [0, 0.1) is 6.92 Å². The van der Waals surface area contributed by atoms with Crippen LogP contribution in [-0.4, -0.2) is 38.4 Å². The van der Waals surface area contributed by atoms with Gasteiger partial charge < -0.3 is 9.47 Å². The Balaban J connectivity index is 2.08. The quantitative estimate of drug-likeness (QED) is 0.566. The first kappa shape index (κ1) is 15.1. The molecule has 0 aliphatic heterocycles. The van der Waals surface area contributed by atoms with E-state index in [1.165, 1.54) is 10.9 Å². The van der Waals surface area contributed by atoms with E-state index in [-0.39, 0.29) is 5.56 Å². The van der Waals surface area contributed by atoms with Gasteiger partial charge in [-0.2, -0.15) is 14.6 Å². The summed E-state index contributed by atoms with van der Waals surface area (Å²) in [5.74, 6) is 1.65. The van der Waals surface area contributed by atoms with Crippen molar-refractivity contribution < 1.29 is 9.47 Å². The molecule has 8 nitrogen and oxygen atoms in total. The zero-order valence-corrected chi connectivity index (χ0v) is 13.9. The Bertz CT molecular complexity index is 1160. The van der Waals surface area contributed by atoms with Crippen molar-refractivity contribution in [3.63, 3.8) is 0 Å². The lowest BCUT2D eigenvalue weighted by Crippen LogP contribution is -2.20. The number of fused-ring (bicyclic) bond motifs is 3. The number of pyridine rings is 1. The first-order valence-corrected chi connectivity index (χ1v) is 7.58. The fourth-order valence-electron chi connectivity index (χ4n) is 2.91. The molecular formula is C17H15N5O3. The minimum Gasteiger partial charge on any atom is -0.497 e. The highest BCUT2D eigenvalue weighted by molar-refractivity contribution is 5.82. The van der Waals surface area contributed by atoms with Crippen LogP contribution >= 0.6 is 0 Å². The van der Waals surface area contributed by atoms with E-state index in [1.807, 2.05) is 6.07 Å². The lowest BCUT2D eigenvalue weighted by atomic mass is 10.2. The molecule has 0 bridgehead atoms. The summed E-state index contributed by atoms with van der Waals surface area (Å²) < 4.78 is 13.7. The number of hydrogen-bond acceptors (Lipinski definition) is 6. The van der Waals surface area contributed by atoms with Gasteiger partial charge in [0, 0.05) is 12.3 Å². The van der Waals surface area contributed by atoms with Crippen LogP contribution in [0.1, 0.15) is 5.69 Å². The minimum atomic E-state index is -0.216. The van der Waals surface area contributed by atoms with E-state index in [1.54, 1.807) is 50.1 Å². The maximum atomic E-state index is 13.1. The van der Waals surface area contributed by atoms with Gasteiger partial charge >= 0.3 is 0 Å². The van der Waals surface area contributed by atoms with Crippen molar-refractivity contribution >= 4 is 16.7 Å². The third kappa shape index (κ3) is 2.22. The lowest BCUT2D eigenvalue weighted by molar-refractivity contribution is 0.401. The van der Waals surface area contributed by atoms with Crippen molar-refractivity contribution in [1.29, 1.82) is 0 Å². The Morgan fingerprint density at radius 3 is 2.72 bits per heavy atom. The molecule has 0 spiro atoms. The van der Waals surface area contributed by atoms with Gasteiger partial charge in [-0.3, -0.25) is 9.36 Å². The summed E-state index contributed by atoms with van der Waals surface area (Å²) in [7, 11) is 3.13. The van der Waals surface area contributed by atoms with Crippen molar-refractivity contribution in [2.75, 3.05) is 14.2 Å². The van der Waals surface area contributed by atoms with Gasteiger partial charge in [-0.1, -0.05) is 0 Å². The third-order valence-electron chi connectivity index (χ3n) is 4.10. The summed E-state index contributed by atoms with van der Waals surface area (Å²) in [4.78, 5) is 21.6. The van der Waals surface area contributed by atoms with Crippen LogP contribution in [0.2, 0.25) is 0 Å². The van der Waals surface area contributed by atoms with Crippen LogP contribution in [-0.2, 0) is 0 Å². The molecule has 0 saturated heterocycles. The predicted molar refractivity (Wildman–Crippen MR) is 91.7 cm³/mol. The van der Waals surface area contributed by atoms with Gasteiger partial charge in [0.2, 0.25) is 0 Å². The Morgan fingerprint density at radius 2 is 1.96 bits per heavy atom. The van der Waals surface area contributed by atoms with Crippen molar-refractivity contribution in [3.8, 4) is 17.2 Å². The third-order valence-corrected chi connectivity index (χ3v) is 4.10. The van der Waals surface area contributed by atoms with E-state index in [9.17, 15) is 4.79 Å². The molecule has 1 aromatic carbocycles. The molecule has 0 fully saturated rings. The molecule has 8 heteroatoms. The summed E-state index contributed by atoms with van der Waals surface area (Å²) in [6, 6.07) is 7.10. The van der Waals surface area contributed by atoms with Gasteiger partial charge in [0.25, 0.3) is 11.3 Å². The molecule has 0 atom stereocenters. The Kier molecular flexibility index (Phi) is 3.38. The highest BCUT2D eigenvalue weighted by atomic mass is 16.5. The number of hydrogen-bond donors (Lipinski definition) is 0. The molecule has 0 N–H and O–H groups in total. The zero-order valence-electron chi connectivity index (χ0n) is 13.9. The number of nitrogens with zero attached hydrogens (tertiary/aromatic N) is 5. The number of aryl methyl sites for hydroxylation is 1. The second-order valence-corrected chi connectivity index (χ2v) is 5.46. The summed E-state index contributed by atoms with van der Waals surface area (Å²) in [6.07, 6.45) is 3.10. The van der Waals surface area contributed by atoms with Crippen LogP contribution in [0.3, 0.4) is 0 Å². The highest BCUT2D eigenvalue weighted by Crippen LogP contribution is 2.27. The van der Waals surface area contributed by atoms with Crippen LogP contribution < -0.4 is 15.0 Å². The second-order valence-electron chi connectivity index (χ2n) is 5.46. The maximum absolute atomic E-state index is 13.1. The molecule has 0 amide bonds. The first-order chi connectivity index (χ1) is 12.1. The number of benzene rings is 1. The molecule has 3 heterocycles. The van der Waals surface area contributed by atoms with Crippen molar-refractivity contribution in [3.05, 3.63) is 52.8 Å². The normalized spacial score (nSPS) is 11.2. The largest absolute Gasteiger partial charge is 0.497 e. The number of ether oxygens (including phenoxy) is 2. The fourth-order valence-corrected chi connectivity index (χ4v) is 2.91. The smallest absolute Gasteiger partial charge is 0.266 e. The molecule has 3 aromatic heterocycles. The van der Waals surface area contributed by atoms with Gasteiger partial charge in [0.1, 0.15) is 17.8 Å². The van der Waals surface area contributed by atoms with Crippen molar-refractivity contribution in [2.45, 2.75) is 6.92 Å². The van der Waals surface area contributed by atoms with Gasteiger partial charge in [-0.15, -0.1) is 0 Å². The molecule has 4 aromatic rings. The van der Waals surface area contributed by atoms with E-state index in [4.69, 9.17) is 9.47 Å². The molecule has 4 rings (SSSR count). The van der Waals surface area contributed by atoms with Gasteiger partial charge in [-0.05, 0) is 25.1 Å². The zero-order chi connectivity index (χ0) is 17.6. The molecule has 0 radical (unpaired) electrons. The average molecular weight is 337 g/mol. The lowest BCUT2D eigenvalue weighted by Gasteiger charge is -2.13. The van der Waals surface area contributed by atoms with E-state index < -0.39 is 0 Å². The summed E-state index contributed by atoms with van der Waals surface area (Å²) in [5.41, 5.74) is 1.62. The molecule has 0 unspecified atom stereocenters. The Hall–Kier alpha value is -3.42. The van der Waals surface area contributed by atoms with Gasteiger partial charge in [0.15, 0.2) is 0 Å². The maximum Gasteiger partial charge on any atom is 0.266 e. The Morgan fingerprint density at radius 1 is 1.12 bits per heavy atom. The molecule has 0 aliphatic rings. The monoisotopic (exact) mass is 337 g/mol. The molecule has 25 heavy (non-hydrogen) atoms. The topological polar surface area (TPSA) is 83.5 Å². The van der Waals surface area contributed by atoms with E-state index in [2.05, 4.69) is 15.1 Å². The van der Waals surface area contributed by atoms with Crippen molar-refractivity contribution in [1.82, 2.24) is 24.1 Å². The van der Waals surface area contributed by atoms with E-state index in [0.29, 0.717) is 39.6 Å². The second kappa shape index (κ2) is 5.59. The fraction of sp³-hybridized carbons (Fsp3) is 0.176. The van der Waals surface area contributed by atoms with Gasteiger partial charge in [0.05, 0.1) is 36.5 Å². The number of rotatable bonds is 3. The van der Waals surface area contributed by atoms with Crippen LogP contribution in [0.4, 0.5) is 0 Å². The number of methoxy groups -OCH3 is 2.